The minimum absolute atomic E-state index is 0.140. The lowest BCUT2D eigenvalue weighted by Crippen LogP contribution is -2.44. The molecular formula is C13H26N2O2. The fourth-order valence-electron chi connectivity index (χ4n) is 2.16. The molecule has 1 aliphatic rings. The van der Waals surface area contributed by atoms with E-state index in [1.807, 2.05) is 6.92 Å². The fraction of sp³-hybridized carbons (Fsp3) is 0.923. The predicted octanol–water partition coefficient (Wildman–Crippen LogP) is 1.26. The molecule has 17 heavy (non-hydrogen) atoms. The maximum atomic E-state index is 11.1. The maximum absolute atomic E-state index is 11.1. The first-order valence-electron chi connectivity index (χ1n) is 6.44. The number of ether oxygens (including phenoxy) is 1. The molecule has 1 aliphatic heterocycles. The number of likely N-dealkylation sites (tertiary alicyclic amines) is 1. The molecule has 1 rings (SSSR count). The summed E-state index contributed by atoms with van der Waals surface area (Å²) in [5.41, 5.74) is 0.372. The molecule has 1 saturated heterocycles. The van der Waals surface area contributed by atoms with E-state index < -0.39 is 0 Å². The molecule has 4 nitrogen and oxygen atoms in total. The Morgan fingerprint density at radius 1 is 1.47 bits per heavy atom. The van der Waals surface area contributed by atoms with Gasteiger partial charge in [-0.3, -0.25) is 4.79 Å². The predicted molar refractivity (Wildman–Crippen MR) is 68.9 cm³/mol. The highest BCUT2D eigenvalue weighted by molar-refractivity contribution is 5.69. The van der Waals surface area contributed by atoms with Gasteiger partial charge in [0.25, 0.3) is 0 Å². The van der Waals surface area contributed by atoms with E-state index in [0.717, 1.165) is 6.54 Å². The van der Waals surface area contributed by atoms with Crippen molar-refractivity contribution in [2.45, 2.75) is 39.2 Å². The van der Waals surface area contributed by atoms with Crippen LogP contribution in [0.2, 0.25) is 0 Å². The highest BCUT2D eigenvalue weighted by Gasteiger charge is 2.28. The standard InChI is InChI=1S/C13H26N2O2/c1-11(9-12(16)17-4)14-10-13(2)5-7-15(3)8-6-13/h11,14H,5-10H2,1-4H3. The lowest BCUT2D eigenvalue weighted by molar-refractivity contribution is -0.141. The highest BCUT2D eigenvalue weighted by Crippen LogP contribution is 2.29. The Balaban J connectivity index is 2.27. The summed E-state index contributed by atoms with van der Waals surface area (Å²) in [5.74, 6) is -0.140. The van der Waals surface area contributed by atoms with E-state index in [1.54, 1.807) is 0 Å². The zero-order valence-electron chi connectivity index (χ0n) is 11.6. The molecule has 0 spiro atoms. The highest BCUT2D eigenvalue weighted by atomic mass is 16.5. The van der Waals surface area contributed by atoms with Crippen LogP contribution in [0, 0.1) is 5.41 Å². The van der Waals surface area contributed by atoms with Gasteiger partial charge in [0.05, 0.1) is 13.5 Å². The van der Waals surface area contributed by atoms with E-state index >= 15 is 0 Å². The lowest BCUT2D eigenvalue weighted by atomic mass is 9.80. The summed E-state index contributed by atoms with van der Waals surface area (Å²) in [6.45, 7) is 7.69. The van der Waals surface area contributed by atoms with Gasteiger partial charge in [-0.2, -0.15) is 0 Å². The summed E-state index contributed by atoms with van der Waals surface area (Å²) in [4.78, 5) is 13.5. The number of piperidine rings is 1. The Hall–Kier alpha value is -0.610. The van der Waals surface area contributed by atoms with Crippen LogP contribution in [0.3, 0.4) is 0 Å². The van der Waals surface area contributed by atoms with Gasteiger partial charge in [0, 0.05) is 12.6 Å². The maximum Gasteiger partial charge on any atom is 0.307 e. The Kier molecular flexibility index (Phi) is 5.40. The molecule has 0 radical (unpaired) electrons. The lowest BCUT2D eigenvalue weighted by Gasteiger charge is -2.38. The van der Waals surface area contributed by atoms with Crippen LogP contribution in [0.5, 0.6) is 0 Å². The van der Waals surface area contributed by atoms with Gasteiger partial charge in [-0.25, -0.2) is 0 Å². The molecule has 100 valence electrons. The van der Waals surface area contributed by atoms with Crippen molar-refractivity contribution in [3.05, 3.63) is 0 Å². The topological polar surface area (TPSA) is 41.6 Å². The molecular weight excluding hydrogens is 216 g/mol. The van der Waals surface area contributed by atoms with Gasteiger partial charge in [-0.15, -0.1) is 0 Å². The van der Waals surface area contributed by atoms with Crippen LogP contribution in [0.4, 0.5) is 0 Å². The largest absolute Gasteiger partial charge is 0.469 e. The van der Waals surface area contributed by atoms with Crippen molar-refractivity contribution in [1.29, 1.82) is 0 Å². The summed E-state index contributed by atoms with van der Waals surface area (Å²) in [7, 11) is 3.61. The quantitative estimate of drug-likeness (QED) is 0.737. The van der Waals surface area contributed by atoms with Crippen LogP contribution >= 0.6 is 0 Å². The van der Waals surface area contributed by atoms with E-state index in [0.29, 0.717) is 11.8 Å². The molecule has 0 aliphatic carbocycles. The molecule has 1 unspecified atom stereocenters. The fourth-order valence-corrected chi connectivity index (χ4v) is 2.16. The van der Waals surface area contributed by atoms with Crippen LogP contribution in [0.1, 0.15) is 33.1 Å². The van der Waals surface area contributed by atoms with Gasteiger partial charge < -0.3 is 15.0 Å². The third-order valence-electron chi connectivity index (χ3n) is 3.77. The molecule has 1 heterocycles. The van der Waals surface area contributed by atoms with Crippen LogP contribution in [0.25, 0.3) is 0 Å². The van der Waals surface area contributed by atoms with E-state index in [9.17, 15) is 4.79 Å². The Morgan fingerprint density at radius 2 is 2.06 bits per heavy atom. The Bertz CT molecular complexity index is 248. The normalized spacial score (nSPS) is 22.1. The average molecular weight is 242 g/mol. The van der Waals surface area contributed by atoms with E-state index in [4.69, 9.17) is 0 Å². The number of nitrogens with zero attached hydrogens (tertiary/aromatic N) is 1. The number of carbonyl (C=O) groups is 1. The molecule has 1 atom stereocenters. The molecule has 1 N–H and O–H groups in total. The molecule has 0 saturated carbocycles. The minimum Gasteiger partial charge on any atom is -0.469 e. The molecule has 4 heteroatoms. The second kappa shape index (κ2) is 6.36. The van der Waals surface area contributed by atoms with Crippen molar-refractivity contribution in [1.82, 2.24) is 10.2 Å². The first kappa shape index (κ1) is 14.5. The van der Waals surface area contributed by atoms with Crippen LogP contribution in [-0.2, 0) is 9.53 Å². The van der Waals surface area contributed by atoms with Gasteiger partial charge in [-0.05, 0) is 45.3 Å². The second-order valence-corrected chi connectivity index (χ2v) is 5.68. The van der Waals surface area contributed by atoms with Gasteiger partial charge >= 0.3 is 5.97 Å². The van der Waals surface area contributed by atoms with Crippen LogP contribution in [-0.4, -0.2) is 50.7 Å². The molecule has 0 aromatic heterocycles. The van der Waals surface area contributed by atoms with Crippen molar-refractivity contribution in [2.75, 3.05) is 33.8 Å². The monoisotopic (exact) mass is 242 g/mol. The van der Waals surface area contributed by atoms with E-state index in [2.05, 4.69) is 28.9 Å². The van der Waals surface area contributed by atoms with Crippen molar-refractivity contribution >= 4 is 5.97 Å². The summed E-state index contributed by atoms with van der Waals surface area (Å²) in [5, 5.41) is 3.45. The van der Waals surface area contributed by atoms with Crippen molar-refractivity contribution < 1.29 is 9.53 Å². The van der Waals surface area contributed by atoms with Gasteiger partial charge in [0.1, 0.15) is 0 Å². The molecule has 1 fully saturated rings. The molecule has 0 amide bonds. The zero-order chi connectivity index (χ0) is 12.9. The minimum atomic E-state index is -0.140. The third kappa shape index (κ3) is 5.04. The molecule has 0 bridgehead atoms. The Labute approximate surface area is 105 Å². The van der Waals surface area contributed by atoms with Gasteiger partial charge in [0.15, 0.2) is 0 Å². The Morgan fingerprint density at radius 3 is 2.59 bits per heavy atom. The smallest absolute Gasteiger partial charge is 0.307 e. The number of carbonyl (C=O) groups excluding carboxylic acids is 1. The molecule has 0 aromatic carbocycles. The average Bonchev–Trinajstić information content (AvgIpc) is 2.31. The first-order chi connectivity index (χ1) is 7.95. The summed E-state index contributed by atoms with van der Waals surface area (Å²) >= 11 is 0. The SMILES string of the molecule is COC(=O)CC(C)NCC1(C)CCN(C)CC1. The summed E-state index contributed by atoms with van der Waals surface area (Å²) < 4.78 is 4.67. The number of nitrogens with one attached hydrogen (secondary N) is 1. The first-order valence-corrected chi connectivity index (χ1v) is 6.44. The third-order valence-corrected chi connectivity index (χ3v) is 3.77. The number of methoxy groups -OCH3 is 1. The van der Waals surface area contributed by atoms with Crippen LogP contribution < -0.4 is 5.32 Å². The second-order valence-electron chi connectivity index (χ2n) is 5.68. The number of rotatable bonds is 5. The zero-order valence-corrected chi connectivity index (χ0v) is 11.6. The number of hydrogen-bond donors (Lipinski definition) is 1. The van der Waals surface area contributed by atoms with Gasteiger partial charge in [0.2, 0.25) is 0 Å². The molecule has 0 aromatic rings. The van der Waals surface area contributed by atoms with Gasteiger partial charge in [-0.1, -0.05) is 6.92 Å². The van der Waals surface area contributed by atoms with E-state index in [1.165, 1.54) is 33.0 Å². The van der Waals surface area contributed by atoms with Crippen molar-refractivity contribution in [3.8, 4) is 0 Å². The van der Waals surface area contributed by atoms with Crippen molar-refractivity contribution in [3.63, 3.8) is 0 Å². The number of hydrogen-bond acceptors (Lipinski definition) is 4. The number of esters is 1. The summed E-state index contributed by atoms with van der Waals surface area (Å²) in [6.07, 6.45) is 2.90. The van der Waals surface area contributed by atoms with E-state index in [-0.39, 0.29) is 12.0 Å². The van der Waals surface area contributed by atoms with Crippen LogP contribution in [0.15, 0.2) is 0 Å². The van der Waals surface area contributed by atoms with Crippen molar-refractivity contribution in [2.24, 2.45) is 5.41 Å². The summed E-state index contributed by atoms with van der Waals surface area (Å²) in [6, 6.07) is 0.193.